The van der Waals surface area contributed by atoms with E-state index in [0.29, 0.717) is 18.7 Å². The molecule has 1 aromatic rings. The second-order valence-electron chi connectivity index (χ2n) is 4.27. The van der Waals surface area contributed by atoms with E-state index >= 15 is 0 Å². The monoisotopic (exact) mass is 273 g/mol. The van der Waals surface area contributed by atoms with Crippen molar-refractivity contribution in [3.05, 3.63) is 18.6 Å². The maximum atomic E-state index is 10.7. The van der Waals surface area contributed by atoms with E-state index in [-0.39, 0.29) is 24.7 Å². The summed E-state index contributed by atoms with van der Waals surface area (Å²) >= 11 is 0. The Morgan fingerprint density at radius 2 is 2.39 bits per heavy atom. The molecule has 7 nitrogen and oxygen atoms in total. The van der Waals surface area contributed by atoms with E-state index in [1.807, 2.05) is 0 Å². The average Bonchev–Trinajstić information content (AvgIpc) is 2.71. The Morgan fingerprint density at radius 3 is 3.00 bits per heavy atom. The summed E-state index contributed by atoms with van der Waals surface area (Å²) in [6, 6.07) is 1.82. The standard InChI is InChI=1S/C10H16N3O4P/c14-5-7-3-8(4-9(7)17-18(15)16)13-10-1-2-11-6-12-10/h1-2,6-9,14,18H,3-5H2,(H,15,16)(H,11,12,13)/t7-,8-,9+/m1/s1. The normalized spacial score (nSPS) is 29.1. The van der Waals surface area contributed by atoms with Gasteiger partial charge in [0.15, 0.2) is 0 Å². The highest BCUT2D eigenvalue weighted by Crippen LogP contribution is 2.35. The molecule has 4 atom stereocenters. The third-order valence-corrected chi connectivity index (χ3v) is 3.55. The van der Waals surface area contributed by atoms with Crippen LogP contribution in [-0.2, 0) is 9.09 Å². The van der Waals surface area contributed by atoms with Gasteiger partial charge < -0.3 is 19.8 Å². The number of hydrogen-bond donors (Lipinski definition) is 3. The Balaban J connectivity index is 1.94. The molecule has 18 heavy (non-hydrogen) atoms. The summed E-state index contributed by atoms with van der Waals surface area (Å²) < 4.78 is 15.7. The number of rotatable bonds is 5. The van der Waals surface area contributed by atoms with Crippen LogP contribution >= 0.6 is 8.25 Å². The van der Waals surface area contributed by atoms with Gasteiger partial charge in [-0.2, -0.15) is 0 Å². The summed E-state index contributed by atoms with van der Waals surface area (Å²) in [6.07, 6.45) is 3.95. The number of aliphatic hydroxyl groups excluding tert-OH is 1. The first-order valence-corrected chi connectivity index (χ1v) is 6.98. The minimum absolute atomic E-state index is 0.0538. The van der Waals surface area contributed by atoms with Crippen molar-refractivity contribution in [3.8, 4) is 0 Å². The minimum Gasteiger partial charge on any atom is -0.396 e. The lowest BCUT2D eigenvalue weighted by atomic mass is 10.1. The molecule has 1 aliphatic carbocycles. The van der Waals surface area contributed by atoms with Gasteiger partial charge in [-0.15, -0.1) is 0 Å². The Kier molecular flexibility index (Phi) is 4.66. The smallest absolute Gasteiger partial charge is 0.316 e. The number of aliphatic hydroxyl groups is 1. The fourth-order valence-electron chi connectivity index (χ4n) is 2.26. The highest BCUT2D eigenvalue weighted by atomic mass is 31.1. The van der Waals surface area contributed by atoms with Gasteiger partial charge in [0.2, 0.25) is 0 Å². The van der Waals surface area contributed by atoms with Crippen LogP contribution in [0.3, 0.4) is 0 Å². The van der Waals surface area contributed by atoms with Crippen LogP contribution in [0, 0.1) is 5.92 Å². The fraction of sp³-hybridized carbons (Fsp3) is 0.600. The van der Waals surface area contributed by atoms with Crippen molar-refractivity contribution in [2.45, 2.75) is 25.0 Å². The van der Waals surface area contributed by atoms with Crippen LogP contribution in [0.5, 0.6) is 0 Å². The van der Waals surface area contributed by atoms with Gasteiger partial charge in [0.25, 0.3) is 0 Å². The van der Waals surface area contributed by atoms with E-state index in [1.165, 1.54) is 6.33 Å². The molecule has 1 aromatic heterocycles. The molecular weight excluding hydrogens is 257 g/mol. The minimum atomic E-state index is -2.97. The number of nitrogens with zero attached hydrogens (tertiary/aromatic N) is 2. The highest BCUT2D eigenvalue weighted by molar-refractivity contribution is 7.32. The second kappa shape index (κ2) is 6.24. The zero-order valence-electron chi connectivity index (χ0n) is 9.69. The Hall–Kier alpha value is -1.01. The number of anilines is 1. The first-order chi connectivity index (χ1) is 8.69. The molecule has 100 valence electrons. The first-order valence-electron chi connectivity index (χ1n) is 5.72. The van der Waals surface area contributed by atoms with Crippen molar-refractivity contribution in [1.29, 1.82) is 0 Å². The fourth-order valence-corrected chi connectivity index (χ4v) is 2.80. The summed E-state index contributed by atoms with van der Waals surface area (Å²) in [5.41, 5.74) is 0. The van der Waals surface area contributed by atoms with E-state index in [1.54, 1.807) is 12.3 Å². The summed E-state index contributed by atoms with van der Waals surface area (Å²) in [7, 11) is -2.97. The van der Waals surface area contributed by atoms with Gasteiger partial charge in [-0.25, -0.2) is 9.97 Å². The van der Waals surface area contributed by atoms with Gasteiger partial charge in [0.1, 0.15) is 12.1 Å². The third kappa shape index (κ3) is 3.49. The average molecular weight is 273 g/mol. The summed E-state index contributed by atoms with van der Waals surface area (Å²) in [5, 5.41) is 12.4. The lowest BCUT2D eigenvalue weighted by Gasteiger charge is -2.14. The van der Waals surface area contributed by atoms with Crippen LogP contribution in [0.1, 0.15) is 12.8 Å². The molecule has 1 aliphatic rings. The van der Waals surface area contributed by atoms with Crippen LogP contribution in [0.25, 0.3) is 0 Å². The molecule has 1 unspecified atom stereocenters. The molecule has 0 saturated heterocycles. The Labute approximate surface area is 105 Å². The topological polar surface area (TPSA) is 105 Å². The van der Waals surface area contributed by atoms with Crippen molar-refractivity contribution < 1.29 is 19.1 Å². The molecule has 1 saturated carbocycles. The highest BCUT2D eigenvalue weighted by Gasteiger charge is 2.35. The Morgan fingerprint density at radius 1 is 1.56 bits per heavy atom. The molecule has 1 heterocycles. The maximum absolute atomic E-state index is 10.7. The van der Waals surface area contributed by atoms with E-state index in [4.69, 9.17) is 9.42 Å². The Bertz CT molecular complexity index is 405. The molecule has 0 aromatic carbocycles. The van der Waals surface area contributed by atoms with Crippen LogP contribution in [0.2, 0.25) is 0 Å². The number of hydrogen-bond acceptors (Lipinski definition) is 6. The molecule has 2 rings (SSSR count). The quantitative estimate of drug-likeness (QED) is 0.668. The van der Waals surface area contributed by atoms with Gasteiger partial charge in [-0.1, -0.05) is 0 Å². The summed E-state index contributed by atoms with van der Waals surface area (Å²) in [6.45, 7) is -0.0538. The van der Waals surface area contributed by atoms with Gasteiger partial charge in [-0.3, -0.25) is 4.57 Å². The van der Waals surface area contributed by atoms with Crippen molar-refractivity contribution in [2.75, 3.05) is 11.9 Å². The van der Waals surface area contributed by atoms with Gasteiger partial charge in [-0.05, 0) is 18.9 Å². The van der Waals surface area contributed by atoms with E-state index in [0.717, 1.165) is 0 Å². The second-order valence-corrected chi connectivity index (χ2v) is 5.04. The molecule has 0 amide bonds. The zero-order chi connectivity index (χ0) is 13.0. The molecule has 0 aliphatic heterocycles. The van der Waals surface area contributed by atoms with Crippen molar-refractivity contribution in [3.63, 3.8) is 0 Å². The van der Waals surface area contributed by atoms with Crippen LogP contribution in [0.4, 0.5) is 5.82 Å². The SMILES string of the molecule is O=[PH](O)O[C@H]1C[C@H](Nc2ccncn2)C[C@@H]1CO. The summed E-state index contributed by atoms with van der Waals surface area (Å²) in [5.74, 6) is 0.578. The van der Waals surface area contributed by atoms with E-state index < -0.39 is 8.25 Å². The van der Waals surface area contributed by atoms with Gasteiger partial charge in [0, 0.05) is 24.8 Å². The number of aromatic nitrogens is 2. The molecule has 0 radical (unpaired) electrons. The van der Waals surface area contributed by atoms with Crippen molar-refractivity contribution in [2.24, 2.45) is 5.92 Å². The van der Waals surface area contributed by atoms with Crippen molar-refractivity contribution in [1.82, 2.24) is 9.97 Å². The van der Waals surface area contributed by atoms with Crippen LogP contribution < -0.4 is 5.32 Å². The maximum Gasteiger partial charge on any atom is 0.316 e. The molecule has 1 fully saturated rings. The first kappa shape index (κ1) is 13.4. The van der Waals surface area contributed by atoms with Gasteiger partial charge >= 0.3 is 8.25 Å². The van der Waals surface area contributed by atoms with Crippen LogP contribution in [-0.4, -0.2) is 38.7 Å². The molecule has 0 bridgehead atoms. The summed E-state index contributed by atoms with van der Waals surface area (Å²) in [4.78, 5) is 16.7. The number of nitrogens with one attached hydrogen (secondary N) is 1. The van der Waals surface area contributed by atoms with Crippen molar-refractivity contribution >= 4 is 14.1 Å². The van der Waals surface area contributed by atoms with E-state index in [2.05, 4.69) is 15.3 Å². The predicted molar refractivity (Wildman–Crippen MR) is 65.3 cm³/mol. The third-order valence-electron chi connectivity index (χ3n) is 3.05. The largest absolute Gasteiger partial charge is 0.396 e. The lowest BCUT2D eigenvalue weighted by Crippen LogP contribution is -2.18. The van der Waals surface area contributed by atoms with Crippen LogP contribution in [0.15, 0.2) is 18.6 Å². The van der Waals surface area contributed by atoms with E-state index in [9.17, 15) is 9.67 Å². The lowest BCUT2D eigenvalue weighted by molar-refractivity contribution is 0.106. The predicted octanol–water partition coefficient (Wildman–Crippen LogP) is 0.427. The molecule has 0 spiro atoms. The molecular formula is C10H16N3O4P. The molecule has 3 N–H and O–H groups in total. The van der Waals surface area contributed by atoms with Gasteiger partial charge in [0.05, 0.1) is 6.10 Å². The molecule has 8 heteroatoms. The zero-order valence-corrected chi connectivity index (χ0v) is 10.7.